The Labute approximate surface area is 97.5 Å². The average Bonchev–Trinajstić information content (AvgIpc) is 2.24. The SMILES string of the molecule is CCCCN(C)S(=O)(=O)NC(C)(CO)CO. The third-order valence-electron chi connectivity index (χ3n) is 2.31. The summed E-state index contributed by atoms with van der Waals surface area (Å²) in [5.41, 5.74) is -1.22. The Morgan fingerprint density at radius 2 is 1.81 bits per heavy atom. The van der Waals surface area contributed by atoms with Crippen LogP contribution in [-0.2, 0) is 10.2 Å². The van der Waals surface area contributed by atoms with Gasteiger partial charge in [-0.2, -0.15) is 17.4 Å². The van der Waals surface area contributed by atoms with Gasteiger partial charge in [-0.25, -0.2) is 0 Å². The van der Waals surface area contributed by atoms with Gasteiger partial charge in [-0.15, -0.1) is 0 Å². The molecule has 0 atom stereocenters. The normalized spacial score (nSPS) is 13.4. The first-order valence-corrected chi connectivity index (χ1v) is 6.72. The molecule has 0 rings (SSSR count). The lowest BCUT2D eigenvalue weighted by Gasteiger charge is -2.28. The fourth-order valence-electron chi connectivity index (χ4n) is 1.00. The minimum absolute atomic E-state index is 0.415. The van der Waals surface area contributed by atoms with Crippen molar-refractivity contribution in [3.05, 3.63) is 0 Å². The molecule has 0 fully saturated rings. The zero-order valence-electron chi connectivity index (χ0n) is 10.1. The molecule has 0 unspecified atom stereocenters. The maximum Gasteiger partial charge on any atom is 0.279 e. The van der Waals surface area contributed by atoms with E-state index < -0.39 is 29.0 Å². The van der Waals surface area contributed by atoms with Crippen LogP contribution in [0, 0.1) is 0 Å². The van der Waals surface area contributed by atoms with Gasteiger partial charge in [0.05, 0.1) is 18.8 Å². The number of hydrogen-bond donors (Lipinski definition) is 3. The van der Waals surface area contributed by atoms with Crippen molar-refractivity contribution >= 4 is 10.2 Å². The zero-order chi connectivity index (χ0) is 12.8. The molecule has 3 N–H and O–H groups in total. The van der Waals surface area contributed by atoms with Gasteiger partial charge in [0.15, 0.2) is 0 Å². The molecule has 0 aromatic carbocycles. The number of rotatable bonds is 8. The van der Waals surface area contributed by atoms with Crippen molar-refractivity contribution in [2.24, 2.45) is 0 Å². The monoisotopic (exact) mass is 254 g/mol. The van der Waals surface area contributed by atoms with Crippen LogP contribution in [0.1, 0.15) is 26.7 Å². The lowest BCUT2D eigenvalue weighted by atomic mass is 10.1. The van der Waals surface area contributed by atoms with Crippen LogP contribution in [0.15, 0.2) is 0 Å². The van der Waals surface area contributed by atoms with Crippen LogP contribution in [0.3, 0.4) is 0 Å². The van der Waals surface area contributed by atoms with Crippen LogP contribution >= 0.6 is 0 Å². The fraction of sp³-hybridized carbons (Fsp3) is 1.00. The summed E-state index contributed by atoms with van der Waals surface area (Å²) >= 11 is 0. The molecule has 0 bridgehead atoms. The molecule has 0 saturated heterocycles. The van der Waals surface area contributed by atoms with Gasteiger partial charge < -0.3 is 10.2 Å². The van der Waals surface area contributed by atoms with Gasteiger partial charge in [0.2, 0.25) is 0 Å². The first-order valence-electron chi connectivity index (χ1n) is 5.28. The van der Waals surface area contributed by atoms with E-state index in [4.69, 9.17) is 10.2 Å². The number of aliphatic hydroxyl groups excluding tert-OH is 2. The molecule has 0 aliphatic carbocycles. The van der Waals surface area contributed by atoms with E-state index in [2.05, 4.69) is 4.72 Å². The molecule has 0 spiro atoms. The summed E-state index contributed by atoms with van der Waals surface area (Å²) in [5.74, 6) is 0. The maximum atomic E-state index is 11.8. The van der Waals surface area contributed by atoms with Crippen LogP contribution < -0.4 is 4.72 Å². The van der Waals surface area contributed by atoms with E-state index in [1.54, 1.807) is 0 Å². The first kappa shape index (κ1) is 15.8. The third-order valence-corrected chi connectivity index (χ3v) is 4.06. The minimum atomic E-state index is -3.65. The molecule has 0 amide bonds. The Kier molecular flexibility index (Phi) is 6.42. The maximum absolute atomic E-state index is 11.8. The zero-order valence-corrected chi connectivity index (χ0v) is 10.9. The number of unbranched alkanes of at least 4 members (excludes halogenated alkanes) is 1. The Balaban J connectivity index is 4.55. The van der Waals surface area contributed by atoms with E-state index in [0.29, 0.717) is 6.54 Å². The molecule has 16 heavy (non-hydrogen) atoms. The largest absolute Gasteiger partial charge is 0.394 e. The van der Waals surface area contributed by atoms with Crippen molar-refractivity contribution in [1.29, 1.82) is 0 Å². The second-order valence-corrected chi connectivity index (χ2v) is 5.94. The van der Waals surface area contributed by atoms with E-state index in [-0.39, 0.29) is 0 Å². The highest BCUT2D eigenvalue weighted by Gasteiger charge is 2.30. The van der Waals surface area contributed by atoms with Crippen molar-refractivity contribution in [3.8, 4) is 0 Å². The number of nitrogens with zero attached hydrogens (tertiary/aromatic N) is 1. The molecule has 7 heteroatoms. The summed E-state index contributed by atoms with van der Waals surface area (Å²) in [5, 5.41) is 18.0. The third kappa shape index (κ3) is 4.75. The van der Waals surface area contributed by atoms with Gasteiger partial charge in [0.1, 0.15) is 0 Å². The molecular formula is C9H22N2O4S. The molecule has 0 aliphatic heterocycles. The van der Waals surface area contributed by atoms with E-state index in [9.17, 15) is 8.42 Å². The van der Waals surface area contributed by atoms with Crippen LogP contribution in [0.5, 0.6) is 0 Å². The minimum Gasteiger partial charge on any atom is -0.394 e. The van der Waals surface area contributed by atoms with Gasteiger partial charge in [-0.3, -0.25) is 0 Å². The molecule has 0 aromatic rings. The Bertz CT molecular complexity index is 288. The molecular weight excluding hydrogens is 232 g/mol. The molecule has 0 radical (unpaired) electrons. The Morgan fingerprint density at radius 1 is 1.31 bits per heavy atom. The van der Waals surface area contributed by atoms with Gasteiger partial charge in [0, 0.05) is 13.6 Å². The van der Waals surface area contributed by atoms with Gasteiger partial charge in [-0.05, 0) is 13.3 Å². The van der Waals surface area contributed by atoms with Crippen LogP contribution in [-0.4, -0.2) is 55.3 Å². The Morgan fingerprint density at radius 3 is 2.19 bits per heavy atom. The molecule has 0 heterocycles. The van der Waals surface area contributed by atoms with Crippen LogP contribution in [0.2, 0.25) is 0 Å². The van der Waals surface area contributed by atoms with E-state index in [1.165, 1.54) is 18.3 Å². The van der Waals surface area contributed by atoms with E-state index in [1.807, 2.05) is 6.92 Å². The topological polar surface area (TPSA) is 89.9 Å². The number of hydrogen-bond acceptors (Lipinski definition) is 4. The summed E-state index contributed by atoms with van der Waals surface area (Å²) in [6.07, 6.45) is 1.67. The molecule has 0 aliphatic rings. The predicted octanol–water partition coefficient (Wildman–Crippen LogP) is -0.704. The molecule has 0 saturated carbocycles. The second kappa shape index (κ2) is 6.51. The van der Waals surface area contributed by atoms with Crippen molar-refractivity contribution < 1.29 is 18.6 Å². The Hall–Kier alpha value is -0.210. The van der Waals surface area contributed by atoms with Gasteiger partial charge >= 0.3 is 0 Å². The lowest BCUT2D eigenvalue weighted by Crippen LogP contribution is -2.55. The van der Waals surface area contributed by atoms with Gasteiger partial charge in [0.25, 0.3) is 10.2 Å². The highest BCUT2D eigenvalue weighted by Crippen LogP contribution is 2.06. The van der Waals surface area contributed by atoms with Crippen LogP contribution in [0.4, 0.5) is 0 Å². The summed E-state index contributed by atoms with van der Waals surface area (Å²) in [4.78, 5) is 0. The van der Waals surface area contributed by atoms with Crippen molar-refractivity contribution in [2.75, 3.05) is 26.8 Å². The summed E-state index contributed by atoms with van der Waals surface area (Å²) in [7, 11) is -2.19. The molecule has 98 valence electrons. The van der Waals surface area contributed by atoms with Crippen molar-refractivity contribution in [1.82, 2.24) is 9.03 Å². The molecule has 0 aromatic heterocycles. The van der Waals surface area contributed by atoms with E-state index >= 15 is 0 Å². The van der Waals surface area contributed by atoms with Crippen LogP contribution in [0.25, 0.3) is 0 Å². The highest BCUT2D eigenvalue weighted by molar-refractivity contribution is 7.87. The van der Waals surface area contributed by atoms with Crippen molar-refractivity contribution in [2.45, 2.75) is 32.2 Å². The standard InChI is InChI=1S/C9H22N2O4S/c1-4-5-6-11(3)16(14,15)10-9(2,7-12)8-13/h10,12-13H,4-8H2,1-3H3. The summed E-state index contributed by atoms with van der Waals surface area (Å²) in [6, 6.07) is 0. The highest BCUT2D eigenvalue weighted by atomic mass is 32.2. The van der Waals surface area contributed by atoms with E-state index in [0.717, 1.165) is 12.8 Å². The first-order chi connectivity index (χ1) is 7.31. The smallest absolute Gasteiger partial charge is 0.279 e. The average molecular weight is 254 g/mol. The second-order valence-electron chi connectivity index (χ2n) is 4.16. The fourth-order valence-corrected chi connectivity index (χ4v) is 2.28. The quantitative estimate of drug-likeness (QED) is 0.534. The number of aliphatic hydroxyl groups is 2. The van der Waals surface area contributed by atoms with Crippen molar-refractivity contribution in [3.63, 3.8) is 0 Å². The summed E-state index contributed by atoms with van der Waals surface area (Å²) < 4.78 is 27.0. The lowest BCUT2D eigenvalue weighted by molar-refractivity contribution is 0.120. The predicted molar refractivity (Wildman–Crippen MR) is 62.2 cm³/mol. The summed E-state index contributed by atoms with van der Waals surface area (Å²) in [6.45, 7) is 2.92. The number of nitrogens with one attached hydrogen (secondary N) is 1. The van der Waals surface area contributed by atoms with Gasteiger partial charge in [-0.1, -0.05) is 13.3 Å². The molecule has 6 nitrogen and oxygen atoms in total.